The number of H-pyrrole nitrogens is 1. The molecule has 0 atom stereocenters. The highest BCUT2D eigenvalue weighted by Gasteiger charge is 2.15. The zero-order chi connectivity index (χ0) is 15.9. The van der Waals surface area contributed by atoms with Crippen molar-refractivity contribution in [3.05, 3.63) is 47.0 Å². The second kappa shape index (κ2) is 5.24. The molecule has 0 radical (unpaired) electrons. The maximum Gasteiger partial charge on any atom is 0.256 e. The molecule has 0 saturated heterocycles. The highest BCUT2D eigenvalue weighted by Crippen LogP contribution is 2.22. The van der Waals surface area contributed by atoms with E-state index in [1.54, 1.807) is 6.07 Å². The molecule has 1 aromatic carbocycles. The highest BCUT2D eigenvalue weighted by molar-refractivity contribution is 7.91. The number of aromatic amines is 1. The second-order valence-electron chi connectivity index (χ2n) is 4.91. The molecule has 2 aromatic heterocycles. The first kappa shape index (κ1) is 14.8. The van der Waals surface area contributed by atoms with E-state index in [4.69, 9.17) is 5.14 Å². The molecule has 114 valence electrons. The van der Waals surface area contributed by atoms with Gasteiger partial charge in [0.25, 0.3) is 5.91 Å². The van der Waals surface area contributed by atoms with E-state index in [1.807, 2.05) is 25.1 Å². The summed E-state index contributed by atoms with van der Waals surface area (Å²) in [5.74, 6) is -0.377. The maximum atomic E-state index is 12.1. The lowest BCUT2D eigenvalue weighted by Crippen LogP contribution is -2.12. The van der Waals surface area contributed by atoms with Crippen LogP contribution in [-0.2, 0) is 10.0 Å². The molecule has 8 heteroatoms. The first-order chi connectivity index (χ1) is 10.3. The van der Waals surface area contributed by atoms with Crippen LogP contribution in [0.1, 0.15) is 16.1 Å². The molecule has 2 heterocycles. The van der Waals surface area contributed by atoms with Gasteiger partial charge in [-0.3, -0.25) is 4.79 Å². The fourth-order valence-electron chi connectivity index (χ4n) is 2.14. The van der Waals surface area contributed by atoms with Crippen LogP contribution in [0, 0.1) is 6.92 Å². The van der Waals surface area contributed by atoms with E-state index in [-0.39, 0.29) is 15.7 Å². The van der Waals surface area contributed by atoms with Gasteiger partial charge < -0.3 is 10.3 Å². The van der Waals surface area contributed by atoms with Gasteiger partial charge in [-0.1, -0.05) is 0 Å². The van der Waals surface area contributed by atoms with Crippen LogP contribution in [0.2, 0.25) is 0 Å². The summed E-state index contributed by atoms with van der Waals surface area (Å²) < 4.78 is 22.4. The Balaban J connectivity index is 1.84. The van der Waals surface area contributed by atoms with Crippen molar-refractivity contribution in [3.63, 3.8) is 0 Å². The van der Waals surface area contributed by atoms with Gasteiger partial charge in [-0.05, 0) is 37.3 Å². The number of benzene rings is 1. The molecule has 3 aromatic rings. The summed E-state index contributed by atoms with van der Waals surface area (Å²) >= 11 is 0.922. The van der Waals surface area contributed by atoms with Crippen molar-refractivity contribution >= 4 is 43.9 Å². The fourth-order valence-corrected chi connectivity index (χ4v) is 3.73. The third kappa shape index (κ3) is 2.89. The van der Waals surface area contributed by atoms with Crippen molar-refractivity contribution < 1.29 is 13.2 Å². The first-order valence-electron chi connectivity index (χ1n) is 6.35. The van der Waals surface area contributed by atoms with Gasteiger partial charge in [-0.25, -0.2) is 13.6 Å². The zero-order valence-electron chi connectivity index (χ0n) is 11.6. The van der Waals surface area contributed by atoms with Crippen LogP contribution < -0.4 is 10.5 Å². The lowest BCUT2D eigenvalue weighted by Gasteiger charge is -2.03. The molecular weight excluding hydrogens is 322 g/mol. The van der Waals surface area contributed by atoms with Gasteiger partial charge in [0.05, 0.1) is 5.56 Å². The average molecular weight is 335 g/mol. The van der Waals surface area contributed by atoms with Crippen LogP contribution >= 0.6 is 11.3 Å². The Morgan fingerprint density at radius 1 is 1.27 bits per heavy atom. The number of carbonyl (C=O) groups excluding carboxylic acids is 1. The van der Waals surface area contributed by atoms with Crippen molar-refractivity contribution in [1.29, 1.82) is 0 Å². The smallest absolute Gasteiger partial charge is 0.256 e. The normalized spacial score (nSPS) is 11.7. The van der Waals surface area contributed by atoms with Crippen LogP contribution in [0.25, 0.3) is 10.9 Å². The van der Waals surface area contributed by atoms with Crippen LogP contribution in [0.4, 0.5) is 5.69 Å². The summed E-state index contributed by atoms with van der Waals surface area (Å²) in [6.45, 7) is 1.96. The molecule has 0 fully saturated rings. The molecule has 0 unspecified atom stereocenters. The van der Waals surface area contributed by atoms with E-state index in [9.17, 15) is 13.2 Å². The van der Waals surface area contributed by atoms with E-state index in [0.717, 1.165) is 27.9 Å². The van der Waals surface area contributed by atoms with E-state index in [2.05, 4.69) is 10.3 Å². The number of nitrogens with one attached hydrogen (secondary N) is 2. The van der Waals surface area contributed by atoms with Gasteiger partial charge in [0.15, 0.2) is 0 Å². The molecule has 0 saturated carbocycles. The largest absolute Gasteiger partial charge is 0.359 e. The predicted octanol–water partition coefficient (Wildman–Crippen LogP) is 2.44. The second-order valence-corrected chi connectivity index (χ2v) is 7.61. The average Bonchev–Trinajstić information content (AvgIpc) is 3.02. The molecule has 3 rings (SSSR count). The summed E-state index contributed by atoms with van der Waals surface area (Å²) in [4.78, 5) is 15.3. The lowest BCUT2D eigenvalue weighted by molar-refractivity contribution is 0.102. The molecule has 0 aliphatic rings. The molecule has 4 N–H and O–H groups in total. The summed E-state index contributed by atoms with van der Waals surface area (Å²) in [6.07, 6.45) is 0. The standard InChI is InChI=1S/C14H13N3O3S2/c1-8-4-9-5-11(2-3-12(9)16-8)17-14(18)10-6-13(21-7-10)22(15,19)20/h2-7,16H,1H3,(H,17,18)(H2,15,19,20). The number of hydrogen-bond acceptors (Lipinski definition) is 4. The number of fused-ring (bicyclic) bond motifs is 1. The zero-order valence-corrected chi connectivity index (χ0v) is 13.2. The van der Waals surface area contributed by atoms with Gasteiger partial charge in [-0.2, -0.15) is 0 Å². The number of aromatic nitrogens is 1. The molecule has 0 bridgehead atoms. The Hall–Kier alpha value is -2.16. The quantitative estimate of drug-likeness (QED) is 0.684. The molecule has 0 aliphatic heterocycles. The lowest BCUT2D eigenvalue weighted by atomic mass is 10.2. The Bertz CT molecular complexity index is 970. The van der Waals surface area contributed by atoms with E-state index in [0.29, 0.717) is 5.69 Å². The minimum Gasteiger partial charge on any atom is -0.359 e. The first-order valence-corrected chi connectivity index (χ1v) is 8.77. The maximum absolute atomic E-state index is 12.1. The van der Waals surface area contributed by atoms with Crippen LogP contribution in [-0.4, -0.2) is 19.3 Å². The van der Waals surface area contributed by atoms with Crippen LogP contribution in [0.3, 0.4) is 0 Å². The highest BCUT2D eigenvalue weighted by atomic mass is 32.2. The number of rotatable bonds is 3. The number of primary sulfonamides is 1. The van der Waals surface area contributed by atoms with Gasteiger partial charge in [-0.15, -0.1) is 11.3 Å². The van der Waals surface area contributed by atoms with E-state index in [1.165, 1.54) is 11.4 Å². The summed E-state index contributed by atoms with van der Waals surface area (Å²) in [7, 11) is -3.78. The van der Waals surface area contributed by atoms with E-state index >= 15 is 0 Å². The number of hydrogen-bond donors (Lipinski definition) is 3. The summed E-state index contributed by atoms with van der Waals surface area (Å²) in [5, 5.41) is 10.2. The van der Waals surface area contributed by atoms with Gasteiger partial charge in [0, 0.05) is 27.7 Å². The number of nitrogens with two attached hydrogens (primary N) is 1. The van der Waals surface area contributed by atoms with Gasteiger partial charge in [0.1, 0.15) is 4.21 Å². The summed E-state index contributed by atoms with van der Waals surface area (Å²) in [5.41, 5.74) is 2.93. The van der Waals surface area contributed by atoms with Crippen molar-refractivity contribution in [1.82, 2.24) is 4.98 Å². The number of carbonyl (C=O) groups is 1. The Morgan fingerprint density at radius 3 is 2.73 bits per heavy atom. The Morgan fingerprint density at radius 2 is 2.05 bits per heavy atom. The number of amides is 1. The van der Waals surface area contributed by atoms with Crippen LogP contribution in [0.15, 0.2) is 39.9 Å². The number of aryl methyl sites for hydroxylation is 1. The van der Waals surface area contributed by atoms with Crippen molar-refractivity contribution in [2.24, 2.45) is 5.14 Å². The molecule has 22 heavy (non-hydrogen) atoms. The third-order valence-electron chi connectivity index (χ3n) is 3.13. The molecule has 6 nitrogen and oxygen atoms in total. The van der Waals surface area contributed by atoms with Crippen molar-refractivity contribution in [2.75, 3.05) is 5.32 Å². The molecular formula is C14H13N3O3S2. The molecule has 1 amide bonds. The van der Waals surface area contributed by atoms with Gasteiger partial charge in [0.2, 0.25) is 10.0 Å². The number of thiophene rings is 1. The van der Waals surface area contributed by atoms with E-state index < -0.39 is 10.0 Å². The minimum absolute atomic E-state index is 0.0330. The summed E-state index contributed by atoms with van der Waals surface area (Å²) in [6, 6.07) is 8.76. The number of anilines is 1. The van der Waals surface area contributed by atoms with Crippen molar-refractivity contribution in [3.8, 4) is 0 Å². The Labute approximate surface area is 131 Å². The topological polar surface area (TPSA) is 105 Å². The molecule has 0 spiro atoms. The minimum atomic E-state index is -3.78. The van der Waals surface area contributed by atoms with Gasteiger partial charge >= 0.3 is 0 Å². The predicted molar refractivity (Wildman–Crippen MR) is 86.7 cm³/mol. The molecule has 0 aliphatic carbocycles. The third-order valence-corrected chi connectivity index (χ3v) is 5.52. The monoisotopic (exact) mass is 335 g/mol. The Kier molecular flexibility index (Phi) is 3.51. The fraction of sp³-hybridized carbons (Fsp3) is 0.0714. The van der Waals surface area contributed by atoms with Crippen molar-refractivity contribution in [2.45, 2.75) is 11.1 Å². The SMILES string of the molecule is Cc1cc2cc(NC(=O)c3csc(S(N)(=O)=O)c3)ccc2[nH]1. The number of sulfonamides is 1. The van der Waals surface area contributed by atoms with Crippen LogP contribution in [0.5, 0.6) is 0 Å².